The summed E-state index contributed by atoms with van der Waals surface area (Å²) in [5.74, 6) is 0.0403. The largest absolute Gasteiger partial charge is 0.372 e. The molecule has 2 atom stereocenters. The quantitative estimate of drug-likeness (QED) is 0.817. The Balaban J connectivity index is 1.61. The zero-order valence-corrected chi connectivity index (χ0v) is 15.6. The van der Waals surface area contributed by atoms with Crippen LogP contribution in [0, 0.1) is 5.92 Å². The second kappa shape index (κ2) is 7.43. The number of ether oxygens (including phenoxy) is 1. The van der Waals surface area contributed by atoms with Gasteiger partial charge in [-0.05, 0) is 38.8 Å². The predicted molar refractivity (Wildman–Crippen MR) is 94.5 cm³/mol. The van der Waals surface area contributed by atoms with Gasteiger partial charge in [-0.15, -0.1) is 0 Å². The van der Waals surface area contributed by atoms with Crippen molar-refractivity contribution in [3.05, 3.63) is 30.3 Å². The molecule has 2 aliphatic rings. The summed E-state index contributed by atoms with van der Waals surface area (Å²) >= 11 is 0. The van der Waals surface area contributed by atoms with Crippen LogP contribution in [0.1, 0.15) is 26.7 Å². The van der Waals surface area contributed by atoms with Crippen LogP contribution in [0.2, 0.25) is 0 Å². The Labute approximate surface area is 149 Å². The lowest BCUT2D eigenvalue weighted by Gasteiger charge is -2.39. The third-order valence-corrected chi connectivity index (χ3v) is 6.83. The number of benzene rings is 1. The standard InChI is InChI=1S/C18H26N2O4S/c1-14-12-19(13-15(2)24-14)18(21)16-8-10-20(11-9-16)25(22,23)17-6-4-3-5-7-17/h3-7,14-16H,8-13H2,1-2H3/t14-,15+. The predicted octanol–water partition coefficient (Wildman–Crippen LogP) is 1.72. The van der Waals surface area contributed by atoms with E-state index in [1.54, 1.807) is 30.3 Å². The minimum atomic E-state index is -3.47. The van der Waals surface area contributed by atoms with E-state index in [0.29, 0.717) is 43.9 Å². The monoisotopic (exact) mass is 366 g/mol. The average molecular weight is 366 g/mol. The Morgan fingerprint density at radius 2 is 1.60 bits per heavy atom. The number of sulfonamides is 1. The molecule has 0 saturated carbocycles. The molecule has 0 radical (unpaired) electrons. The zero-order valence-electron chi connectivity index (χ0n) is 14.8. The second-order valence-corrected chi connectivity index (χ2v) is 8.93. The van der Waals surface area contributed by atoms with Crippen molar-refractivity contribution >= 4 is 15.9 Å². The molecule has 138 valence electrons. The molecule has 0 spiro atoms. The molecular weight excluding hydrogens is 340 g/mol. The summed E-state index contributed by atoms with van der Waals surface area (Å²) in [7, 11) is -3.47. The number of piperidine rings is 1. The highest BCUT2D eigenvalue weighted by molar-refractivity contribution is 7.89. The molecule has 1 amide bonds. The number of morpholine rings is 1. The van der Waals surface area contributed by atoms with Gasteiger partial charge in [-0.2, -0.15) is 4.31 Å². The van der Waals surface area contributed by atoms with Crippen LogP contribution in [0.4, 0.5) is 0 Å². The summed E-state index contributed by atoms with van der Waals surface area (Å²) < 4.78 is 32.5. The molecule has 0 bridgehead atoms. The van der Waals surface area contributed by atoms with E-state index in [9.17, 15) is 13.2 Å². The fraction of sp³-hybridized carbons (Fsp3) is 0.611. The van der Waals surface area contributed by atoms with Gasteiger partial charge in [0, 0.05) is 32.1 Å². The minimum absolute atomic E-state index is 0.0475. The van der Waals surface area contributed by atoms with E-state index < -0.39 is 10.0 Å². The SMILES string of the molecule is C[C@@H]1CN(C(=O)C2CCN(S(=O)(=O)c3ccccc3)CC2)C[C@H](C)O1. The molecule has 0 unspecified atom stereocenters. The maximum Gasteiger partial charge on any atom is 0.243 e. The molecule has 2 heterocycles. The molecule has 2 fully saturated rings. The van der Waals surface area contributed by atoms with Gasteiger partial charge in [-0.3, -0.25) is 4.79 Å². The Hall–Kier alpha value is -1.44. The fourth-order valence-corrected chi connectivity index (χ4v) is 5.19. The van der Waals surface area contributed by atoms with Gasteiger partial charge in [-0.1, -0.05) is 18.2 Å². The lowest BCUT2D eigenvalue weighted by atomic mass is 9.96. The molecule has 0 aromatic heterocycles. The zero-order chi connectivity index (χ0) is 18.0. The Kier molecular flexibility index (Phi) is 5.46. The van der Waals surface area contributed by atoms with Crippen LogP contribution in [0.25, 0.3) is 0 Å². The van der Waals surface area contributed by atoms with Gasteiger partial charge in [0.1, 0.15) is 0 Å². The molecule has 0 aliphatic carbocycles. The van der Waals surface area contributed by atoms with E-state index in [-0.39, 0.29) is 24.0 Å². The molecular formula is C18H26N2O4S. The number of carbonyl (C=O) groups is 1. The highest BCUT2D eigenvalue weighted by Crippen LogP contribution is 2.26. The van der Waals surface area contributed by atoms with Crippen LogP contribution >= 0.6 is 0 Å². The van der Waals surface area contributed by atoms with Crippen LogP contribution in [0.3, 0.4) is 0 Å². The third kappa shape index (κ3) is 4.04. The number of amides is 1. The molecule has 2 aliphatic heterocycles. The first-order chi connectivity index (χ1) is 11.9. The van der Waals surface area contributed by atoms with Gasteiger partial charge in [0.25, 0.3) is 0 Å². The molecule has 0 N–H and O–H groups in total. The van der Waals surface area contributed by atoms with Crippen molar-refractivity contribution in [3.63, 3.8) is 0 Å². The van der Waals surface area contributed by atoms with E-state index in [0.717, 1.165) is 0 Å². The minimum Gasteiger partial charge on any atom is -0.372 e. The van der Waals surface area contributed by atoms with Crippen LogP contribution in [-0.2, 0) is 19.6 Å². The van der Waals surface area contributed by atoms with E-state index in [1.165, 1.54) is 4.31 Å². The van der Waals surface area contributed by atoms with E-state index >= 15 is 0 Å². The van der Waals surface area contributed by atoms with E-state index in [1.807, 2.05) is 18.7 Å². The summed E-state index contributed by atoms with van der Waals surface area (Å²) in [6.07, 6.45) is 1.24. The molecule has 1 aromatic rings. The van der Waals surface area contributed by atoms with Gasteiger partial charge in [0.2, 0.25) is 15.9 Å². The maximum atomic E-state index is 12.8. The van der Waals surface area contributed by atoms with Crippen LogP contribution in [0.5, 0.6) is 0 Å². The number of hydrogen-bond acceptors (Lipinski definition) is 4. The Morgan fingerprint density at radius 3 is 2.16 bits per heavy atom. The first-order valence-electron chi connectivity index (χ1n) is 8.87. The lowest BCUT2D eigenvalue weighted by Crippen LogP contribution is -2.51. The Morgan fingerprint density at radius 1 is 1.04 bits per heavy atom. The number of hydrogen-bond donors (Lipinski definition) is 0. The summed E-state index contributed by atoms with van der Waals surface area (Å²) in [6.45, 7) is 5.97. The molecule has 25 heavy (non-hydrogen) atoms. The molecule has 1 aromatic carbocycles. The third-order valence-electron chi connectivity index (χ3n) is 4.92. The number of carbonyl (C=O) groups excluding carboxylic acids is 1. The van der Waals surface area contributed by atoms with Gasteiger partial charge in [0.15, 0.2) is 0 Å². The van der Waals surface area contributed by atoms with Crippen molar-refractivity contribution in [3.8, 4) is 0 Å². The van der Waals surface area contributed by atoms with E-state index in [2.05, 4.69) is 0 Å². The van der Waals surface area contributed by atoms with Crippen molar-refractivity contribution in [2.24, 2.45) is 5.92 Å². The van der Waals surface area contributed by atoms with Crippen molar-refractivity contribution in [2.45, 2.75) is 43.8 Å². The molecule has 7 heteroatoms. The van der Waals surface area contributed by atoms with Crippen molar-refractivity contribution in [1.29, 1.82) is 0 Å². The maximum absolute atomic E-state index is 12.8. The van der Waals surface area contributed by atoms with Crippen molar-refractivity contribution < 1.29 is 17.9 Å². The van der Waals surface area contributed by atoms with E-state index in [4.69, 9.17) is 4.74 Å². The first kappa shape index (κ1) is 18.4. The number of nitrogens with zero attached hydrogens (tertiary/aromatic N) is 2. The normalized spacial score (nSPS) is 26.6. The smallest absolute Gasteiger partial charge is 0.243 e. The summed E-state index contributed by atoms with van der Waals surface area (Å²) in [5, 5.41) is 0. The van der Waals surface area contributed by atoms with Crippen LogP contribution in [0.15, 0.2) is 35.2 Å². The molecule has 6 nitrogen and oxygen atoms in total. The van der Waals surface area contributed by atoms with Crippen molar-refractivity contribution in [2.75, 3.05) is 26.2 Å². The first-order valence-corrected chi connectivity index (χ1v) is 10.3. The number of rotatable bonds is 3. The summed E-state index contributed by atoms with van der Waals surface area (Å²) in [6, 6.07) is 8.48. The average Bonchev–Trinajstić information content (AvgIpc) is 2.61. The fourth-order valence-electron chi connectivity index (χ4n) is 3.70. The Bertz CT molecular complexity index is 689. The highest BCUT2D eigenvalue weighted by Gasteiger charge is 2.35. The van der Waals surface area contributed by atoms with Gasteiger partial charge in [0.05, 0.1) is 17.1 Å². The van der Waals surface area contributed by atoms with Gasteiger partial charge >= 0.3 is 0 Å². The van der Waals surface area contributed by atoms with Gasteiger partial charge in [-0.25, -0.2) is 8.42 Å². The topological polar surface area (TPSA) is 66.9 Å². The summed E-state index contributed by atoms with van der Waals surface area (Å²) in [4.78, 5) is 15.0. The second-order valence-electron chi connectivity index (χ2n) is 6.99. The van der Waals surface area contributed by atoms with Crippen LogP contribution in [-0.4, -0.2) is 61.9 Å². The van der Waals surface area contributed by atoms with Gasteiger partial charge < -0.3 is 9.64 Å². The summed E-state index contributed by atoms with van der Waals surface area (Å²) in [5.41, 5.74) is 0. The van der Waals surface area contributed by atoms with Crippen molar-refractivity contribution in [1.82, 2.24) is 9.21 Å². The van der Waals surface area contributed by atoms with Crippen LogP contribution < -0.4 is 0 Å². The molecule has 2 saturated heterocycles. The molecule has 3 rings (SSSR count). The highest BCUT2D eigenvalue weighted by atomic mass is 32.2. The lowest BCUT2D eigenvalue weighted by molar-refractivity contribution is -0.148.